The molecule has 1 saturated heterocycles. The lowest BCUT2D eigenvalue weighted by Crippen LogP contribution is -2.48. The third kappa shape index (κ3) is 4.33. The predicted octanol–water partition coefficient (Wildman–Crippen LogP) is 2.94. The number of alkyl halides is 2. The van der Waals surface area contributed by atoms with Crippen LogP contribution in [0.15, 0.2) is 23.1 Å². The summed E-state index contributed by atoms with van der Waals surface area (Å²) in [6.45, 7) is 2.66. The zero-order valence-electron chi connectivity index (χ0n) is 12.6. The quantitative estimate of drug-likeness (QED) is 0.788. The molecule has 0 saturated carbocycles. The summed E-state index contributed by atoms with van der Waals surface area (Å²) in [6.07, 6.45) is 1.75. The fourth-order valence-electron chi connectivity index (χ4n) is 2.48. The van der Waals surface area contributed by atoms with E-state index < -0.39 is 5.76 Å². The highest BCUT2D eigenvalue weighted by molar-refractivity contribution is 7.99. The normalized spacial score (nSPS) is 19.9. The smallest absolute Gasteiger partial charge is 0.289 e. The van der Waals surface area contributed by atoms with Crippen LogP contribution in [0.5, 0.6) is 5.75 Å². The minimum atomic E-state index is -2.48. The molecule has 0 aliphatic carbocycles. The van der Waals surface area contributed by atoms with Gasteiger partial charge in [-0.2, -0.15) is 8.78 Å². The molecule has 1 aliphatic rings. The molecule has 1 heterocycles. The van der Waals surface area contributed by atoms with E-state index in [2.05, 4.69) is 10.6 Å². The van der Waals surface area contributed by atoms with Crippen LogP contribution in [0, 0.1) is 0 Å². The molecule has 2 rings (SSSR count). The molecule has 1 aromatic carbocycles. The van der Waals surface area contributed by atoms with Crippen molar-refractivity contribution < 1.29 is 18.3 Å². The van der Waals surface area contributed by atoms with Crippen molar-refractivity contribution in [3.05, 3.63) is 23.8 Å². The van der Waals surface area contributed by atoms with Crippen LogP contribution in [0.1, 0.15) is 31.4 Å². The molecule has 4 nitrogen and oxygen atoms in total. The summed E-state index contributed by atoms with van der Waals surface area (Å²) in [4.78, 5) is 12.2. The highest BCUT2D eigenvalue weighted by atomic mass is 32.2. The zero-order valence-corrected chi connectivity index (χ0v) is 13.4. The van der Waals surface area contributed by atoms with Crippen molar-refractivity contribution in [2.24, 2.45) is 0 Å². The summed E-state index contributed by atoms with van der Waals surface area (Å²) >= 11 is 0.463. The molecule has 2 N–H and O–H groups in total. The van der Waals surface area contributed by atoms with Crippen LogP contribution in [0.25, 0.3) is 0 Å². The first-order chi connectivity index (χ1) is 10.5. The van der Waals surface area contributed by atoms with E-state index in [4.69, 9.17) is 4.74 Å². The maximum Gasteiger partial charge on any atom is 0.289 e. The second-order valence-electron chi connectivity index (χ2n) is 5.16. The number of carbonyl (C=O) groups is 1. The number of amides is 1. The van der Waals surface area contributed by atoms with Gasteiger partial charge in [0.2, 0.25) is 5.91 Å². The molecule has 0 spiro atoms. The Kier molecular flexibility index (Phi) is 6.02. The van der Waals surface area contributed by atoms with Crippen LogP contribution < -0.4 is 15.4 Å². The summed E-state index contributed by atoms with van der Waals surface area (Å²) < 4.78 is 30.2. The van der Waals surface area contributed by atoms with Crippen molar-refractivity contribution in [3.8, 4) is 5.75 Å². The van der Waals surface area contributed by atoms with Gasteiger partial charge in [-0.25, -0.2) is 0 Å². The lowest BCUT2D eigenvalue weighted by atomic mass is 10.0. The number of rotatable bonds is 6. The molecule has 7 heteroatoms. The first-order valence-corrected chi connectivity index (χ1v) is 8.05. The number of hydrogen-bond donors (Lipinski definition) is 2. The highest BCUT2D eigenvalue weighted by Gasteiger charge is 2.24. The maximum atomic E-state index is 12.5. The number of halogens is 2. The molecule has 1 fully saturated rings. The number of benzene rings is 1. The molecule has 0 aromatic heterocycles. The Hall–Kier alpha value is -1.34. The Morgan fingerprint density at radius 3 is 2.86 bits per heavy atom. The molecule has 1 amide bonds. The van der Waals surface area contributed by atoms with Crippen molar-refractivity contribution in [3.63, 3.8) is 0 Å². The number of methoxy groups -OCH3 is 1. The van der Waals surface area contributed by atoms with Crippen molar-refractivity contribution in [1.29, 1.82) is 0 Å². The standard InChI is InChI=1S/C15H20F2N2O2S/c1-9(19-11-4-3-7-18-14(11)20)10-5-6-13(22-15(16)17)12(8-10)21-2/h5-6,8-9,11,15,19H,3-4,7H2,1-2H3,(H,18,20)/t9-,11+/m0/s1. The van der Waals surface area contributed by atoms with Crippen LogP contribution in [0.4, 0.5) is 8.78 Å². The first kappa shape index (κ1) is 17.0. The summed E-state index contributed by atoms with van der Waals surface area (Å²) in [5.41, 5.74) is 0.897. The van der Waals surface area contributed by atoms with Gasteiger partial charge in [-0.15, -0.1) is 0 Å². The monoisotopic (exact) mass is 330 g/mol. The van der Waals surface area contributed by atoms with E-state index >= 15 is 0 Å². The van der Waals surface area contributed by atoms with Crippen molar-refractivity contribution in [2.75, 3.05) is 13.7 Å². The summed E-state index contributed by atoms with van der Waals surface area (Å²) in [5.74, 6) is -2.05. The number of thioether (sulfide) groups is 1. The van der Waals surface area contributed by atoms with Crippen LogP contribution in [-0.2, 0) is 4.79 Å². The second-order valence-corrected chi connectivity index (χ2v) is 6.19. The Morgan fingerprint density at radius 2 is 2.23 bits per heavy atom. The molecule has 22 heavy (non-hydrogen) atoms. The molecule has 122 valence electrons. The minimum absolute atomic E-state index is 0.00920. The van der Waals surface area contributed by atoms with E-state index in [0.29, 0.717) is 22.4 Å². The van der Waals surface area contributed by atoms with Crippen molar-refractivity contribution in [2.45, 2.75) is 42.5 Å². The van der Waals surface area contributed by atoms with E-state index in [1.165, 1.54) is 7.11 Å². The molecule has 2 atom stereocenters. The summed E-state index contributed by atoms with van der Waals surface area (Å²) in [5, 5.41) is 6.10. The first-order valence-electron chi connectivity index (χ1n) is 7.17. The van der Waals surface area contributed by atoms with Gasteiger partial charge in [-0.3, -0.25) is 10.1 Å². The van der Waals surface area contributed by atoms with Gasteiger partial charge >= 0.3 is 0 Å². The van der Waals surface area contributed by atoms with Gasteiger partial charge in [0.15, 0.2) is 0 Å². The fourth-order valence-corrected chi connectivity index (χ4v) is 3.07. The van der Waals surface area contributed by atoms with Gasteiger partial charge in [-0.1, -0.05) is 17.8 Å². The van der Waals surface area contributed by atoms with Gasteiger partial charge < -0.3 is 10.1 Å². The number of nitrogens with one attached hydrogen (secondary N) is 2. The lowest BCUT2D eigenvalue weighted by Gasteiger charge is -2.26. The largest absolute Gasteiger partial charge is 0.496 e. The average Bonchev–Trinajstić information content (AvgIpc) is 2.49. The minimum Gasteiger partial charge on any atom is -0.496 e. The number of ether oxygens (including phenoxy) is 1. The molecule has 0 unspecified atom stereocenters. The van der Waals surface area contributed by atoms with Gasteiger partial charge in [-0.05, 0) is 37.5 Å². The van der Waals surface area contributed by atoms with E-state index in [1.807, 2.05) is 6.92 Å². The van der Waals surface area contributed by atoms with Crippen LogP contribution in [0.3, 0.4) is 0 Å². The zero-order chi connectivity index (χ0) is 16.1. The SMILES string of the molecule is COc1cc([C@H](C)N[C@@H]2CCCNC2=O)ccc1SC(F)F. The van der Waals surface area contributed by atoms with Crippen LogP contribution in [-0.4, -0.2) is 31.4 Å². The summed E-state index contributed by atoms with van der Waals surface area (Å²) in [6, 6.07) is 4.86. The Bertz CT molecular complexity index is 528. The van der Waals surface area contributed by atoms with Crippen LogP contribution >= 0.6 is 11.8 Å². The van der Waals surface area contributed by atoms with Gasteiger partial charge in [0.05, 0.1) is 18.0 Å². The second kappa shape index (κ2) is 7.78. The fraction of sp³-hybridized carbons (Fsp3) is 0.533. The molecule has 1 aliphatic heterocycles. The Balaban J connectivity index is 2.08. The van der Waals surface area contributed by atoms with E-state index in [0.717, 1.165) is 24.9 Å². The third-order valence-electron chi connectivity index (χ3n) is 3.64. The van der Waals surface area contributed by atoms with Crippen LogP contribution in [0.2, 0.25) is 0 Å². The maximum absolute atomic E-state index is 12.5. The lowest BCUT2D eigenvalue weighted by molar-refractivity contribution is -0.124. The number of carbonyl (C=O) groups excluding carboxylic acids is 1. The summed E-state index contributed by atoms with van der Waals surface area (Å²) in [7, 11) is 1.46. The van der Waals surface area contributed by atoms with Gasteiger partial charge in [0, 0.05) is 12.6 Å². The molecule has 0 bridgehead atoms. The Morgan fingerprint density at radius 1 is 1.45 bits per heavy atom. The van der Waals surface area contributed by atoms with Crippen molar-refractivity contribution >= 4 is 17.7 Å². The molecular formula is C15H20F2N2O2S. The Labute approximate surface area is 133 Å². The number of hydrogen-bond acceptors (Lipinski definition) is 4. The molecule has 0 radical (unpaired) electrons. The topological polar surface area (TPSA) is 50.4 Å². The van der Waals surface area contributed by atoms with E-state index in [1.54, 1.807) is 18.2 Å². The van der Waals surface area contributed by atoms with E-state index in [-0.39, 0.29) is 18.0 Å². The van der Waals surface area contributed by atoms with Gasteiger partial charge in [0.25, 0.3) is 5.76 Å². The number of piperidine rings is 1. The average molecular weight is 330 g/mol. The molecular weight excluding hydrogens is 310 g/mol. The third-order valence-corrected chi connectivity index (χ3v) is 4.41. The van der Waals surface area contributed by atoms with E-state index in [9.17, 15) is 13.6 Å². The van der Waals surface area contributed by atoms with Gasteiger partial charge in [0.1, 0.15) is 5.75 Å². The molecule has 1 aromatic rings. The highest BCUT2D eigenvalue weighted by Crippen LogP contribution is 2.35. The van der Waals surface area contributed by atoms with Crippen molar-refractivity contribution in [1.82, 2.24) is 10.6 Å². The predicted molar refractivity (Wildman–Crippen MR) is 82.4 cm³/mol.